The lowest BCUT2D eigenvalue weighted by Crippen LogP contribution is -2.37. The predicted molar refractivity (Wildman–Crippen MR) is 87.8 cm³/mol. The minimum atomic E-state index is -0.883. The van der Waals surface area contributed by atoms with Crippen molar-refractivity contribution in [1.82, 2.24) is 5.32 Å². The molecule has 2 amide bonds. The van der Waals surface area contributed by atoms with Gasteiger partial charge in [-0.3, -0.25) is 9.59 Å². The average Bonchev–Trinajstić information content (AvgIpc) is 2.58. The molecule has 0 aromatic heterocycles. The van der Waals surface area contributed by atoms with Gasteiger partial charge in [0.1, 0.15) is 6.04 Å². The number of nitrogens with two attached hydrogens (primary N) is 1. The van der Waals surface area contributed by atoms with Crippen molar-refractivity contribution in [2.24, 2.45) is 5.73 Å². The molecule has 0 saturated carbocycles. The van der Waals surface area contributed by atoms with Crippen LogP contribution in [0.4, 0.5) is 4.39 Å². The molecule has 5 nitrogen and oxygen atoms in total. The number of benzene rings is 2. The summed E-state index contributed by atoms with van der Waals surface area (Å²) in [5.41, 5.74) is 6.64. The largest absolute Gasteiger partial charge is 0.494 e. The Balaban J connectivity index is 1.97. The summed E-state index contributed by atoms with van der Waals surface area (Å²) < 4.78 is 18.5. The maximum Gasteiger partial charge on any atom is 0.244 e. The molecule has 0 aliphatic rings. The van der Waals surface area contributed by atoms with Crippen molar-refractivity contribution in [1.29, 1.82) is 0 Å². The van der Waals surface area contributed by atoms with E-state index in [1.165, 1.54) is 19.2 Å². The first kappa shape index (κ1) is 17.5. The van der Waals surface area contributed by atoms with Gasteiger partial charge in [-0.05, 0) is 29.7 Å². The van der Waals surface area contributed by atoms with Crippen LogP contribution in [0.15, 0.2) is 48.5 Å². The summed E-state index contributed by atoms with van der Waals surface area (Å²) in [6.07, 6.45) is 0.454. The predicted octanol–water partition coefficient (Wildman–Crippen LogP) is 2.11. The summed E-state index contributed by atoms with van der Waals surface area (Å²) >= 11 is 0. The van der Waals surface area contributed by atoms with E-state index in [-0.39, 0.29) is 18.1 Å². The fourth-order valence-electron chi connectivity index (χ4n) is 2.32. The highest BCUT2D eigenvalue weighted by molar-refractivity contribution is 5.87. The number of aryl methyl sites for hydroxylation is 1. The van der Waals surface area contributed by atoms with E-state index in [0.29, 0.717) is 17.5 Å². The third-order valence-corrected chi connectivity index (χ3v) is 3.58. The van der Waals surface area contributed by atoms with Gasteiger partial charge in [-0.25, -0.2) is 4.39 Å². The van der Waals surface area contributed by atoms with Crippen LogP contribution < -0.4 is 15.8 Å². The fraction of sp³-hybridized carbons (Fsp3) is 0.222. The smallest absolute Gasteiger partial charge is 0.244 e. The zero-order valence-corrected chi connectivity index (χ0v) is 13.3. The molecule has 0 radical (unpaired) electrons. The minimum Gasteiger partial charge on any atom is -0.494 e. The number of nitrogens with one attached hydrogen (secondary N) is 1. The number of hydrogen-bond donors (Lipinski definition) is 2. The Morgan fingerprint density at radius 1 is 1.21 bits per heavy atom. The van der Waals surface area contributed by atoms with Gasteiger partial charge in [0.15, 0.2) is 11.6 Å². The van der Waals surface area contributed by atoms with E-state index < -0.39 is 17.8 Å². The first-order valence-corrected chi connectivity index (χ1v) is 7.47. The summed E-state index contributed by atoms with van der Waals surface area (Å²) in [6, 6.07) is 12.4. The normalized spacial score (nSPS) is 11.6. The van der Waals surface area contributed by atoms with E-state index in [4.69, 9.17) is 10.5 Å². The lowest BCUT2D eigenvalue weighted by atomic mass is 10.1. The summed E-state index contributed by atoms with van der Waals surface area (Å²) in [4.78, 5) is 23.6. The average molecular weight is 330 g/mol. The molecular formula is C18H19FN2O3. The van der Waals surface area contributed by atoms with E-state index in [2.05, 4.69) is 5.32 Å². The van der Waals surface area contributed by atoms with Crippen LogP contribution in [-0.2, 0) is 16.0 Å². The Bertz CT molecular complexity index is 719. The molecule has 3 N–H and O–H groups in total. The number of carbonyl (C=O) groups excluding carboxylic acids is 2. The van der Waals surface area contributed by atoms with Crippen LogP contribution in [0.2, 0.25) is 0 Å². The van der Waals surface area contributed by atoms with Gasteiger partial charge in [-0.1, -0.05) is 36.4 Å². The molecular weight excluding hydrogens is 311 g/mol. The van der Waals surface area contributed by atoms with Crippen LogP contribution in [0.25, 0.3) is 0 Å². The number of primary amides is 1. The summed E-state index contributed by atoms with van der Waals surface area (Å²) in [7, 11) is 1.39. The van der Waals surface area contributed by atoms with Gasteiger partial charge in [0.2, 0.25) is 11.8 Å². The monoisotopic (exact) mass is 330 g/mol. The van der Waals surface area contributed by atoms with Gasteiger partial charge in [0.05, 0.1) is 7.11 Å². The molecule has 0 fully saturated rings. The molecule has 0 aliphatic heterocycles. The molecule has 2 rings (SSSR count). The standard InChI is InChI=1S/C18H19FN2O3/c1-24-15-9-7-12(11-14(15)19)8-10-16(22)21-17(18(20)23)13-5-3-2-4-6-13/h2-7,9,11,17H,8,10H2,1H3,(H2,20,23)(H,21,22)/t17-/m0/s1. The zero-order chi connectivity index (χ0) is 17.5. The molecule has 126 valence electrons. The quantitative estimate of drug-likeness (QED) is 0.816. The second-order valence-corrected chi connectivity index (χ2v) is 5.28. The summed E-state index contributed by atoms with van der Waals surface area (Å²) in [6.45, 7) is 0. The topological polar surface area (TPSA) is 81.4 Å². The van der Waals surface area contributed by atoms with E-state index in [0.717, 1.165) is 0 Å². The first-order chi connectivity index (χ1) is 11.5. The van der Waals surface area contributed by atoms with Crippen LogP contribution in [0, 0.1) is 5.82 Å². The lowest BCUT2D eigenvalue weighted by molar-refractivity contribution is -0.127. The lowest BCUT2D eigenvalue weighted by Gasteiger charge is -2.16. The Morgan fingerprint density at radius 3 is 2.50 bits per heavy atom. The molecule has 2 aromatic carbocycles. The Hall–Kier alpha value is -2.89. The van der Waals surface area contributed by atoms with Crippen molar-refractivity contribution in [3.05, 3.63) is 65.5 Å². The van der Waals surface area contributed by atoms with Crippen molar-refractivity contribution in [2.75, 3.05) is 7.11 Å². The van der Waals surface area contributed by atoms with Gasteiger partial charge >= 0.3 is 0 Å². The second-order valence-electron chi connectivity index (χ2n) is 5.28. The number of ether oxygens (including phenoxy) is 1. The third-order valence-electron chi connectivity index (χ3n) is 3.58. The van der Waals surface area contributed by atoms with Crippen LogP contribution in [0.3, 0.4) is 0 Å². The Labute approximate surface area is 139 Å². The molecule has 0 spiro atoms. The van der Waals surface area contributed by atoms with Crippen LogP contribution in [-0.4, -0.2) is 18.9 Å². The van der Waals surface area contributed by atoms with Gasteiger partial charge in [-0.2, -0.15) is 0 Å². The molecule has 1 atom stereocenters. The van der Waals surface area contributed by atoms with Crippen molar-refractivity contribution in [2.45, 2.75) is 18.9 Å². The molecule has 0 unspecified atom stereocenters. The summed E-state index contributed by atoms with van der Waals surface area (Å²) in [5.74, 6) is -1.29. The molecule has 0 saturated heterocycles. The Morgan fingerprint density at radius 2 is 1.92 bits per heavy atom. The van der Waals surface area contributed by atoms with E-state index in [1.54, 1.807) is 30.3 Å². The second kappa shape index (κ2) is 8.10. The van der Waals surface area contributed by atoms with Gasteiger partial charge in [0, 0.05) is 6.42 Å². The number of carbonyl (C=O) groups is 2. The molecule has 0 heterocycles. The number of hydrogen-bond acceptors (Lipinski definition) is 3. The zero-order valence-electron chi connectivity index (χ0n) is 13.3. The molecule has 24 heavy (non-hydrogen) atoms. The molecule has 0 bridgehead atoms. The van der Waals surface area contributed by atoms with Crippen LogP contribution in [0.5, 0.6) is 5.75 Å². The molecule has 0 aliphatic carbocycles. The van der Waals surface area contributed by atoms with Crippen molar-refractivity contribution >= 4 is 11.8 Å². The molecule has 6 heteroatoms. The SMILES string of the molecule is COc1ccc(CCC(=O)N[C@H](C(N)=O)c2ccccc2)cc1F. The minimum absolute atomic E-state index is 0.113. The number of methoxy groups -OCH3 is 1. The first-order valence-electron chi connectivity index (χ1n) is 7.47. The van der Waals surface area contributed by atoms with Gasteiger partial charge < -0.3 is 15.8 Å². The maximum absolute atomic E-state index is 13.6. The maximum atomic E-state index is 13.6. The highest BCUT2D eigenvalue weighted by Crippen LogP contribution is 2.19. The number of rotatable bonds is 7. The van der Waals surface area contributed by atoms with Crippen molar-refractivity contribution in [3.8, 4) is 5.75 Å². The van der Waals surface area contributed by atoms with Crippen LogP contribution >= 0.6 is 0 Å². The Kier molecular flexibility index (Phi) is 5.89. The van der Waals surface area contributed by atoms with Crippen LogP contribution in [0.1, 0.15) is 23.6 Å². The van der Waals surface area contributed by atoms with E-state index >= 15 is 0 Å². The summed E-state index contributed by atoms with van der Waals surface area (Å²) in [5, 5.41) is 2.61. The van der Waals surface area contributed by atoms with E-state index in [1.807, 2.05) is 6.07 Å². The fourth-order valence-corrected chi connectivity index (χ4v) is 2.32. The number of halogens is 1. The highest BCUT2D eigenvalue weighted by Gasteiger charge is 2.19. The third kappa shape index (κ3) is 4.55. The molecule has 2 aromatic rings. The van der Waals surface area contributed by atoms with Crippen molar-refractivity contribution in [3.63, 3.8) is 0 Å². The highest BCUT2D eigenvalue weighted by atomic mass is 19.1. The van der Waals surface area contributed by atoms with Gasteiger partial charge in [0.25, 0.3) is 0 Å². The number of amides is 2. The van der Waals surface area contributed by atoms with Crippen molar-refractivity contribution < 1.29 is 18.7 Å². The van der Waals surface area contributed by atoms with Gasteiger partial charge in [-0.15, -0.1) is 0 Å². The van der Waals surface area contributed by atoms with E-state index in [9.17, 15) is 14.0 Å².